The first kappa shape index (κ1) is 26.9. The van der Waals surface area contributed by atoms with Crippen LogP contribution in [0.5, 0.6) is 0 Å². The highest BCUT2D eigenvalue weighted by atomic mass is 16.7. The molecule has 5 fully saturated rings. The number of rotatable bonds is 3. The lowest BCUT2D eigenvalue weighted by Crippen LogP contribution is -2.79. The summed E-state index contributed by atoms with van der Waals surface area (Å²) in [6.07, 6.45) is 7.06. The van der Waals surface area contributed by atoms with E-state index in [-0.39, 0.29) is 17.3 Å². The highest BCUT2D eigenvalue weighted by molar-refractivity contribution is 5.93. The Morgan fingerprint density at radius 2 is 1.98 bits per heavy atom. The van der Waals surface area contributed by atoms with Crippen molar-refractivity contribution in [3.63, 3.8) is 0 Å². The van der Waals surface area contributed by atoms with Crippen LogP contribution in [0.4, 0.5) is 0 Å². The largest absolute Gasteiger partial charge is 0.454 e. The zero-order chi connectivity index (χ0) is 28.5. The van der Waals surface area contributed by atoms with Gasteiger partial charge in [-0.2, -0.15) is 0 Å². The van der Waals surface area contributed by atoms with Gasteiger partial charge in [0.2, 0.25) is 0 Å². The molecule has 8 nitrogen and oxygen atoms in total. The molecule has 4 aliphatic carbocycles. The molecule has 218 valence electrons. The summed E-state index contributed by atoms with van der Waals surface area (Å²) < 4.78 is 20.0. The van der Waals surface area contributed by atoms with Crippen LogP contribution in [-0.2, 0) is 14.2 Å². The van der Waals surface area contributed by atoms with Crippen molar-refractivity contribution in [1.29, 1.82) is 0 Å². The van der Waals surface area contributed by atoms with Gasteiger partial charge in [-0.3, -0.25) is 0 Å². The number of likely N-dealkylation sites (N-methyl/N-ethyl adjacent to an activating group) is 1. The maximum Gasteiger partial charge on any atom is 0.340 e. The molecule has 4 bridgehead atoms. The Morgan fingerprint density at radius 1 is 1.20 bits per heavy atom. The topological polar surface area (TPSA) is 104 Å². The number of aromatic amines is 1. The van der Waals surface area contributed by atoms with Gasteiger partial charge >= 0.3 is 5.97 Å². The first-order valence-corrected chi connectivity index (χ1v) is 15.0. The van der Waals surface area contributed by atoms with Crippen LogP contribution in [0.15, 0.2) is 23.3 Å². The number of aryl methyl sites for hydroxylation is 2. The third kappa shape index (κ3) is 3.07. The maximum atomic E-state index is 13.5. The van der Waals surface area contributed by atoms with Gasteiger partial charge in [0.1, 0.15) is 17.3 Å². The average Bonchev–Trinajstić information content (AvgIpc) is 3.26. The summed E-state index contributed by atoms with van der Waals surface area (Å²) in [6.45, 7) is 12.0. The Bertz CT molecular complexity index is 1350. The summed E-state index contributed by atoms with van der Waals surface area (Å²) in [7, 11) is 2.10. The normalized spacial score (nSPS) is 44.6. The van der Waals surface area contributed by atoms with E-state index in [1.165, 1.54) is 0 Å². The van der Waals surface area contributed by atoms with Crippen LogP contribution in [0.3, 0.4) is 0 Å². The summed E-state index contributed by atoms with van der Waals surface area (Å²) in [5, 5.41) is 23.8. The highest BCUT2D eigenvalue weighted by Gasteiger charge is 2.79. The summed E-state index contributed by atoms with van der Waals surface area (Å²) in [4.78, 5) is 19.0. The monoisotopic (exact) mass is 552 g/mol. The lowest BCUT2D eigenvalue weighted by atomic mass is 9.41. The maximum absolute atomic E-state index is 13.5. The van der Waals surface area contributed by atoms with Gasteiger partial charge in [0.05, 0.1) is 18.3 Å². The van der Waals surface area contributed by atoms with Crippen molar-refractivity contribution < 1.29 is 29.2 Å². The van der Waals surface area contributed by atoms with Crippen LogP contribution in [0.25, 0.3) is 0 Å². The number of nitrogens with one attached hydrogen (secondary N) is 1. The third-order valence-corrected chi connectivity index (χ3v) is 12.1. The molecule has 4 unspecified atom stereocenters. The molecule has 3 aliphatic heterocycles. The first-order valence-electron chi connectivity index (χ1n) is 15.0. The average molecular weight is 553 g/mol. The quantitative estimate of drug-likeness (QED) is 0.386. The standard InChI is InChI=1S/C32H44N2O6/c1-18-19(2)33-20(3)26(18)27(36)39-21(4)23-9-10-31-24-8-7-22-15-30(37)12-11-28(22,5)32(24,40-30)25(35)16-29(23,31)17-34(6)13-14-38-31/h8-9,21-22,25,33,35,37H,7,10-17H2,1-6H3/t21?,22-,25?,28+,29?,30+,31+,32?/m1/s1. The van der Waals surface area contributed by atoms with E-state index in [9.17, 15) is 15.0 Å². The molecule has 0 amide bonds. The van der Waals surface area contributed by atoms with E-state index in [1.807, 2.05) is 27.7 Å². The number of hydrogen-bond acceptors (Lipinski definition) is 7. The second kappa shape index (κ2) is 8.32. The van der Waals surface area contributed by atoms with E-state index in [0.29, 0.717) is 44.4 Å². The van der Waals surface area contributed by atoms with Gasteiger partial charge in [-0.1, -0.05) is 19.1 Å². The molecule has 2 saturated carbocycles. The molecule has 4 heterocycles. The van der Waals surface area contributed by atoms with Crippen molar-refractivity contribution in [2.45, 2.75) is 102 Å². The Morgan fingerprint density at radius 3 is 2.70 bits per heavy atom. The molecule has 7 aliphatic rings. The number of hydrogen-bond donors (Lipinski definition) is 3. The molecule has 3 N–H and O–H groups in total. The number of esters is 1. The predicted octanol–water partition coefficient (Wildman–Crippen LogP) is 3.86. The summed E-state index contributed by atoms with van der Waals surface area (Å²) in [5.74, 6) is -1.30. The number of carbonyl (C=O) groups excluding carboxylic acids is 1. The van der Waals surface area contributed by atoms with Crippen molar-refractivity contribution in [3.05, 3.63) is 45.8 Å². The van der Waals surface area contributed by atoms with Crippen LogP contribution in [0, 0.1) is 37.5 Å². The fourth-order valence-electron chi connectivity index (χ4n) is 10.1. The fourth-order valence-corrected chi connectivity index (χ4v) is 10.1. The Hall–Kier alpha value is -1.97. The van der Waals surface area contributed by atoms with Crippen molar-refractivity contribution in [3.8, 4) is 0 Å². The number of nitrogens with zero attached hydrogens (tertiary/aromatic N) is 1. The number of allylic oxidation sites excluding steroid dienone is 1. The van der Waals surface area contributed by atoms with Gasteiger partial charge < -0.3 is 34.3 Å². The summed E-state index contributed by atoms with van der Waals surface area (Å²) in [5.41, 5.74) is 2.69. The predicted molar refractivity (Wildman–Crippen MR) is 149 cm³/mol. The molecule has 1 aromatic rings. The lowest BCUT2D eigenvalue weighted by Gasteiger charge is -2.73. The second-order valence-electron chi connectivity index (χ2n) is 14.0. The minimum atomic E-state index is -1.22. The van der Waals surface area contributed by atoms with Crippen LogP contribution in [0.1, 0.15) is 79.7 Å². The van der Waals surface area contributed by atoms with Crippen molar-refractivity contribution in [2.24, 2.45) is 16.7 Å². The van der Waals surface area contributed by atoms with Crippen LogP contribution >= 0.6 is 0 Å². The lowest BCUT2D eigenvalue weighted by molar-refractivity contribution is -0.401. The Labute approximate surface area is 236 Å². The smallest absolute Gasteiger partial charge is 0.340 e. The Balaban J connectivity index is 1.32. The number of fused-ring (bicyclic) bond motifs is 1. The van der Waals surface area contributed by atoms with E-state index >= 15 is 0 Å². The van der Waals surface area contributed by atoms with Crippen molar-refractivity contribution in [2.75, 3.05) is 26.7 Å². The van der Waals surface area contributed by atoms with Gasteiger partial charge in [0, 0.05) is 48.1 Å². The van der Waals surface area contributed by atoms with E-state index in [1.54, 1.807) is 0 Å². The van der Waals surface area contributed by atoms with E-state index < -0.39 is 34.6 Å². The molecule has 8 rings (SSSR count). The fraction of sp³-hybridized carbons (Fsp3) is 0.719. The molecular weight excluding hydrogens is 508 g/mol. The van der Waals surface area contributed by atoms with Crippen LogP contribution in [0.2, 0.25) is 0 Å². The van der Waals surface area contributed by atoms with E-state index in [2.05, 4.69) is 36.0 Å². The van der Waals surface area contributed by atoms with Gasteiger partial charge in [0.15, 0.2) is 5.79 Å². The molecule has 3 saturated heterocycles. The number of aliphatic hydroxyl groups excluding tert-OH is 1. The van der Waals surface area contributed by atoms with Crippen molar-refractivity contribution >= 4 is 5.97 Å². The molecule has 8 atom stereocenters. The first-order chi connectivity index (χ1) is 18.8. The second-order valence-corrected chi connectivity index (χ2v) is 14.0. The van der Waals surface area contributed by atoms with E-state index in [4.69, 9.17) is 14.2 Å². The summed E-state index contributed by atoms with van der Waals surface area (Å²) in [6, 6.07) is 0. The van der Waals surface area contributed by atoms with Gasteiger partial charge in [-0.25, -0.2) is 4.79 Å². The molecule has 0 aromatic carbocycles. The number of H-pyrrole nitrogens is 1. The third-order valence-electron chi connectivity index (χ3n) is 12.1. The minimum absolute atomic E-state index is 0.251. The van der Waals surface area contributed by atoms with Crippen LogP contribution in [-0.4, -0.2) is 82.0 Å². The molecule has 0 radical (unpaired) electrons. The minimum Gasteiger partial charge on any atom is -0.454 e. The van der Waals surface area contributed by atoms with E-state index in [0.717, 1.165) is 47.5 Å². The number of aromatic nitrogens is 1. The molecule has 8 heteroatoms. The van der Waals surface area contributed by atoms with Gasteiger partial charge in [-0.15, -0.1) is 0 Å². The SMILES string of the molecule is Cc1[nH]c(C)c(C(=O)OC(C)C2=CC[C@@]34OCCN(C)CC23CC(O)C23O[C@@]5(O)CC[C@@]2(C)[C@H](CC=C34)C5)c1C. The Kier molecular flexibility index (Phi) is 5.59. The number of ether oxygens (including phenoxy) is 3. The number of aliphatic hydroxyl groups is 2. The molecule has 40 heavy (non-hydrogen) atoms. The zero-order valence-corrected chi connectivity index (χ0v) is 24.7. The highest BCUT2D eigenvalue weighted by Crippen LogP contribution is 2.74. The van der Waals surface area contributed by atoms with Gasteiger partial charge in [-0.05, 0) is 83.1 Å². The summed E-state index contributed by atoms with van der Waals surface area (Å²) >= 11 is 0. The number of carbonyl (C=O) groups is 1. The zero-order valence-electron chi connectivity index (χ0n) is 24.7. The van der Waals surface area contributed by atoms with Crippen molar-refractivity contribution in [1.82, 2.24) is 9.88 Å². The van der Waals surface area contributed by atoms with Crippen LogP contribution < -0.4 is 0 Å². The molecule has 1 aromatic heterocycles. The molecular formula is C32H44N2O6. The van der Waals surface area contributed by atoms with Gasteiger partial charge in [0.25, 0.3) is 0 Å². The molecule has 1 spiro atoms.